The topological polar surface area (TPSA) is 142 Å². The van der Waals surface area contributed by atoms with Gasteiger partial charge in [-0.1, -0.05) is 0 Å². The first-order valence-corrected chi connectivity index (χ1v) is 6.60. The second-order valence-corrected chi connectivity index (χ2v) is 4.77. The van der Waals surface area contributed by atoms with Gasteiger partial charge in [0, 0.05) is 25.4 Å². The molecule has 0 radical (unpaired) electrons. The van der Waals surface area contributed by atoms with E-state index in [-0.39, 0.29) is 23.7 Å². The maximum Gasteiger partial charge on any atom is 0.281 e. The molecule has 0 atom stereocenters. The number of nitro benzene ring substituents is 2. The number of nitro groups is 2. The van der Waals surface area contributed by atoms with E-state index in [4.69, 9.17) is 4.74 Å². The van der Waals surface area contributed by atoms with Gasteiger partial charge in [-0.3, -0.25) is 25.0 Å². The molecule has 2 rings (SSSR count). The minimum Gasteiger partial charge on any atom is -0.362 e. The molecule has 0 aliphatic carbocycles. The van der Waals surface area contributed by atoms with Crippen molar-refractivity contribution in [1.29, 1.82) is 0 Å². The predicted octanol–water partition coefficient (Wildman–Crippen LogP) is 1.86. The summed E-state index contributed by atoms with van der Waals surface area (Å²) in [5, 5.41) is 28.3. The molecule has 0 unspecified atom stereocenters. The highest BCUT2D eigenvalue weighted by Gasteiger charge is 2.24. The molecule has 11 heteroatoms. The zero-order valence-corrected chi connectivity index (χ0v) is 12.8. The molecule has 1 heterocycles. The monoisotopic (exact) mass is 335 g/mol. The first kappa shape index (κ1) is 17.0. The lowest BCUT2D eigenvalue weighted by Crippen LogP contribution is -2.14. The highest BCUT2D eigenvalue weighted by molar-refractivity contribution is 6.03. The van der Waals surface area contributed by atoms with Gasteiger partial charge in [-0.05, 0) is 13.0 Å². The van der Waals surface area contributed by atoms with E-state index in [9.17, 15) is 25.0 Å². The summed E-state index contributed by atoms with van der Waals surface area (Å²) in [4.78, 5) is 32.7. The molecule has 1 aromatic carbocycles. The van der Waals surface area contributed by atoms with Crippen LogP contribution >= 0.6 is 0 Å². The Labute approximate surface area is 135 Å². The molecule has 2 aromatic rings. The van der Waals surface area contributed by atoms with E-state index >= 15 is 0 Å². The number of amides is 1. The maximum atomic E-state index is 12.1. The minimum atomic E-state index is -0.745. The Balaban J connectivity index is 2.32. The predicted molar refractivity (Wildman–Crippen MR) is 81.7 cm³/mol. The van der Waals surface area contributed by atoms with Gasteiger partial charge in [-0.15, -0.1) is 0 Å². The quantitative estimate of drug-likeness (QED) is 0.627. The van der Waals surface area contributed by atoms with Crippen LogP contribution in [-0.4, -0.2) is 32.6 Å². The molecule has 0 aliphatic heterocycles. The summed E-state index contributed by atoms with van der Waals surface area (Å²) in [5.41, 5.74) is -1.02. The highest BCUT2D eigenvalue weighted by Crippen LogP contribution is 2.31. The van der Waals surface area contributed by atoms with Crippen LogP contribution in [0.25, 0.3) is 0 Å². The molecule has 0 bridgehead atoms. The molecule has 11 nitrogen and oxygen atoms in total. The van der Waals surface area contributed by atoms with E-state index in [2.05, 4.69) is 10.4 Å². The van der Waals surface area contributed by atoms with E-state index in [1.54, 1.807) is 0 Å². The van der Waals surface area contributed by atoms with Crippen molar-refractivity contribution in [2.45, 2.75) is 13.7 Å². The molecule has 0 aliphatic rings. The van der Waals surface area contributed by atoms with Crippen molar-refractivity contribution in [3.05, 3.63) is 55.9 Å². The van der Waals surface area contributed by atoms with Gasteiger partial charge in [0.15, 0.2) is 5.69 Å². The summed E-state index contributed by atoms with van der Waals surface area (Å²) in [5.74, 6) is -0.655. The fourth-order valence-corrected chi connectivity index (χ4v) is 2.02. The summed E-state index contributed by atoms with van der Waals surface area (Å²) >= 11 is 0. The van der Waals surface area contributed by atoms with E-state index in [1.807, 2.05) is 0 Å². The SMILES string of the molecule is COCn1ccc(C(=O)Nc2cc([N+](=O)[O-])c(C)c([N+](=O)[O-])c2)n1. The van der Waals surface area contributed by atoms with Crippen LogP contribution in [0.3, 0.4) is 0 Å². The second kappa shape index (κ2) is 6.83. The molecule has 1 amide bonds. The second-order valence-electron chi connectivity index (χ2n) is 4.77. The number of benzene rings is 1. The van der Waals surface area contributed by atoms with E-state index in [0.29, 0.717) is 0 Å². The smallest absolute Gasteiger partial charge is 0.281 e. The van der Waals surface area contributed by atoms with Crippen LogP contribution in [0.2, 0.25) is 0 Å². The zero-order valence-electron chi connectivity index (χ0n) is 12.8. The van der Waals surface area contributed by atoms with Crippen LogP contribution in [0, 0.1) is 27.2 Å². The Kier molecular flexibility index (Phi) is 4.84. The number of methoxy groups -OCH3 is 1. The van der Waals surface area contributed by atoms with Gasteiger partial charge in [0.05, 0.1) is 15.5 Å². The summed E-state index contributed by atoms with van der Waals surface area (Å²) in [6.07, 6.45) is 1.51. The van der Waals surface area contributed by atoms with Gasteiger partial charge in [0.25, 0.3) is 17.3 Å². The molecule has 0 fully saturated rings. The number of nitrogens with zero attached hydrogens (tertiary/aromatic N) is 4. The molecule has 0 saturated carbocycles. The fraction of sp³-hybridized carbons (Fsp3) is 0.231. The number of carbonyl (C=O) groups is 1. The summed E-state index contributed by atoms with van der Waals surface area (Å²) in [6.45, 7) is 1.42. The van der Waals surface area contributed by atoms with Gasteiger partial charge >= 0.3 is 0 Å². The number of anilines is 1. The highest BCUT2D eigenvalue weighted by atomic mass is 16.6. The fourth-order valence-electron chi connectivity index (χ4n) is 2.02. The first-order chi connectivity index (χ1) is 11.3. The maximum absolute atomic E-state index is 12.1. The minimum absolute atomic E-state index is 0.0398. The van der Waals surface area contributed by atoms with Gasteiger partial charge in [-0.2, -0.15) is 5.10 Å². The van der Waals surface area contributed by atoms with Crippen molar-refractivity contribution >= 4 is 23.0 Å². The lowest BCUT2D eigenvalue weighted by molar-refractivity contribution is -0.395. The van der Waals surface area contributed by atoms with Crippen LogP contribution in [0.4, 0.5) is 17.1 Å². The number of aromatic nitrogens is 2. The van der Waals surface area contributed by atoms with Crippen molar-refractivity contribution in [1.82, 2.24) is 9.78 Å². The van der Waals surface area contributed by atoms with Crippen molar-refractivity contribution < 1.29 is 19.4 Å². The Morgan fingerprint density at radius 1 is 1.29 bits per heavy atom. The Bertz CT molecular complexity index is 780. The van der Waals surface area contributed by atoms with Crippen LogP contribution < -0.4 is 5.32 Å². The van der Waals surface area contributed by atoms with Crippen molar-refractivity contribution in [2.75, 3.05) is 12.4 Å². The van der Waals surface area contributed by atoms with Gasteiger partial charge < -0.3 is 10.1 Å². The summed E-state index contributed by atoms with van der Waals surface area (Å²) in [6, 6.07) is 3.55. The van der Waals surface area contributed by atoms with E-state index < -0.39 is 27.1 Å². The largest absolute Gasteiger partial charge is 0.362 e. The normalized spacial score (nSPS) is 10.4. The number of hydrogen-bond donors (Lipinski definition) is 1. The average Bonchev–Trinajstić information content (AvgIpc) is 2.97. The molecule has 0 spiro atoms. The van der Waals surface area contributed by atoms with Gasteiger partial charge in [0.1, 0.15) is 12.3 Å². The summed E-state index contributed by atoms with van der Waals surface area (Å²) in [7, 11) is 1.46. The van der Waals surface area contributed by atoms with Gasteiger partial charge in [0.2, 0.25) is 0 Å². The molecule has 126 valence electrons. The number of hydrogen-bond acceptors (Lipinski definition) is 7. The molecular weight excluding hydrogens is 322 g/mol. The number of rotatable bonds is 6. The Morgan fingerprint density at radius 3 is 2.38 bits per heavy atom. The number of ether oxygens (including phenoxy) is 1. The Morgan fingerprint density at radius 2 is 1.88 bits per heavy atom. The lowest BCUT2D eigenvalue weighted by Gasteiger charge is -2.06. The molecule has 1 N–H and O–H groups in total. The van der Waals surface area contributed by atoms with Crippen molar-refractivity contribution in [3.8, 4) is 0 Å². The molecular formula is C13H13N5O6. The van der Waals surface area contributed by atoms with Crippen LogP contribution in [0.1, 0.15) is 16.1 Å². The van der Waals surface area contributed by atoms with E-state index in [1.165, 1.54) is 31.0 Å². The van der Waals surface area contributed by atoms with Crippen molar-refractivity contribution in [3.63, 3.8) is 0 Å². The molecule has 24 heavy (non-hydrogen) atoms. The van der Waals surface area contributed by atoms with Crippen LogP contribution in [-0.2, 0) is 11.5 Å². The van der Waals surface area contributed by atoms with Crippen LogP contribution in [0.15, 0.2) is 24.4 Å². The number of carbonyl (C=O) groups excluding carboxylic acids is 1. The third-order valence-electron chi connectivity index (χ3n) is 3.14. The molecule has 0 saturated heterocycles. The average molecular weight is 335 g/mol. The standard InChI is InChI=1S/C13H13N5O6/c1-8-11(17(20)21)5-9(6-12(8)18(22)23)14-13(19)10-3-4-16(15-10)7-24-2/h3-6H,7H2,1-2H3,(H,14,19). The third-order valence-corrected chi connectivity index (χ3v) is 3.14. The third kappa shape index (κ3) is 3.52. The number of nitrogens with one attached hydrogen (secondary N) is 1. The zero-order chi connectivity index (χ0) is 17.9. The van der Waals surface area contributed by atoms with Crippen LogP contribution in [0.5, 0.6) is 0 Å². The Hall–Kier alpha value is -3.34. The lowest BCUT2D eigenvalue weighted by atomic mass is 10.1. The van der Waals surface area contributed by atoms with Crippen molar-refractivity contribution in [2.24, 2.45) is 0 Å². The molecule has 1 aromatic heterocycles. The van der Waals surface area contributed by atoms with Gasteiger partial charge in [-0.25, -0.2) is 4.68 Å². The van der Waals surface area contributed by atoms with E-state index in [0.717, 1.165) is 12.1 Å². The first-order valence-electron chi connectivity index (χ1n) is 6.60. The summed E-state index contributed by atoms with van der Waals surface area (Å²) < 4.78 is 6.23.